The van der Waals surface area contributed by atoms with E-state index >= 15 is 0 Å². The van der Waals surface area contributed by atoms with E-state index in [1.807, 2.05) is 24.3 Å². The number of benzene rings is 2. The van der Waals surface area contributed by atoms with Gasteiger partial charge in [0, 0.05) is 34.2 Å². The minimum atomic E-state index is -1.16. The first-order valence-electron chi connectivity index (χ1n) is 8.80. The van der Waals surface area contributed by atoms with Crippen LogP contribution in [0.25, 0.3) is 10.9 Å². The number of nitrogens with one attached hydrogen (secondary N) is 4. The number of halogens is 1. The van der Waals surface area contributed by atoms with Gasteiger partial charge >= 0.3 is 12.0 Å². The number of aromatic amines is 1. The summed E-state index contributed by atoms with van der Waals surface area (Å²) in [7, 11) is 0. The highest BCUT2D eigenvalue weighted by molar-refractivity contribution is 6.30. The lowest BCUT2D eigenvalue weighted by Gasteiger charge is -2.15. The highest BCUT2D eigenvalue weighted by atomic mass is 35.5. The molecule has 9 heteroatoms. The molecule has 0 aliphatic carbocycles. The summed E-state index contributed by atoms with van der Waals surface area (Å²) in [4.78, 5) is 38.6. The van der Waals surface area contributed by atoms with Gasteiger partial charge in [-0.2, -0.15) is 0 Å². The molecule has 0 aliphatic heterocycles. The van der Waals surface area contributed by atoms with E-state index in [2.05, 4.69) is 20.9 Å². The largest absolute Gasteiger partial charge is 0.480 e. The van der Waals surface area contributed by atoms with Crippen molar-refractivity contribution >= 4 is 46.1 Å². The Morgan fingerprint density at radius 3 is 2.52 bits per heavy atom. The van der Waals surface area contributed by atoms with Crippen molar-refractivity contribution < 1.29 is 19.5 Å². The quantitative estimate of drug-likeness (QED) is 0.408. The minimum absolute atomic E-state index is 0.113. The molecule has 5 N–H and O–H groups in total. The maximum atomic E-state index is 12.1. The Balaban J connectivity index is 1.53. The number of urea groups is 1. The van der Waals surface area contributed by atoms with Crippen molar-refractivity contribution in [3.05, 3.63) is 65.3 Å². The van der Waals surface area contributed by atoms with Gasteiger partial charge in [-0.1, -0.05) is 29.8 Å². The molecule has 1 unspecified atom stereocenters. The molecule has 0 fully saturated rings. The zero-order valence-corrected chi connectivity index (χ0v) is 16.0. The standard InChI is InChI=1S/C20H19ClN4O4/c21-13-5-7-14(8-6-13)24-20(29)23-11-18(26)25-17(19(27)28)9-12-10-22-16-4-2-1-3-15(12)16/h1-8,10,17,22H,9,11H2,(H,25,26)(H,27,28)(H2,23,24,29). The number of para-hydroxylation sites is 1. The number of aliphatic carboxylic acids is 1. The minimum Gasteiger partial charge on any atom is -0.480 e. The van der Waals surface area contributed by atoms with Crippen LogP contribution in [0.2, 0.25) is 5.02 Å². The van der Waals surface area contributed by atoms with Crippen LogP contribution >= 0.6 is 11.6 Å². The first-order valence-corrected chi connectivity index (χ1v) is 9.18. The topological polar surface area (TPSA) is 123 Å². The van der Waals surface area contributed by atoms with Gasteiger partial charge in [-0.05, 0) is 35.9 Å². The molecule has 0 saturated heterocycles. The molecule has 0 spiro atoms. The van der Waals surface area contributed by atoms with E-state index in [0.29, 0.717) is 10.7 Å². The van der Waals surface area contributed by atoms with Crippen LogP contribution in [-0.4, -0.2) is 40.6 Å². The number of rotatable bonds is 7. The number of aromatic nitrogens is 1. The van der Waals surface area contributed by atoms with Gasteiger partial charge < -0.3 is 26.0 Å². The normalized spacial score (nSPS) is 11.6. The summed E-state index contributed by atoms with van der Waals surface area (Å²) in [5.74, 6) is -1.77. The number of carboxylic acid groups (broad SMARTS) is 1. The van der Waals surface area contributed by atoms with Gasteiger partial charge in [0.05, 0.1) is 6.54 Å². The van der Waals surface area contributed by atoms with Gasteiger partial charge in [-0.25, -0.2) is 9.59 Å². The third-order valence-corrected chi connectivity index (χ3v) is 4.50. The first kappa shape index (κ1) is 20.2. The lowest BCUT2D eigenvalue weighted by molar-refractivity contribution is -0.141. The van der Waals surface area contributed by atoms with Crippen molar-refractivity contribution in [2.45, 2.75) is 12.5 Å². The summed E-state index contributed by atoms with van der Waals surface area (Å²) in [6, 6.07) is 12.2. The monoisotopic (exact) mass is 414 g/mol. The maximum Gasteiger partial charge on any atom is 0.326 e. The Kier molecular flexibility index (Phi) is 6.36. The second-order valence-electron chi connectivity index (χ2n) is 6.34. The first-order chi connectivity index (χ1) is 13.9. The third kappa shape index (κ3) is 5.49. The fraction of sp³-hybridized carbons (Fsp3) is 0.150. The van der Waals surface area contributed by atoms with Crippen molar-refractivity contribution in [1.82, 2.24) is 15.6 Å². The van der Waals surface area contributed by atoms with E-state index in [4.69, 9.17) is 11.6 Å². The van der Waals surface area contributed by atoms with Crippen LogP contribution in [0.3, 0.4) is 0 Å². The molecule has 1 heterocycles. The molecule has 29 heavy (non-hydrogen) atoms. The number of fused-ring (bicyclic) bond motifs is 1. The van der Waals surface area contributed by atoms with Gasteiger partial charge in [0.2, 0.25) is 5.91 Å². The van der Waals surface area contributed by atoms with Crippen LogP contribution in [0.1, 0.15) is 5.56 Å². The van der Waals surface area contributed by atoms with Crippen LogP contribution in [0.15, 0.2) is 54.7 Å². The zero-order chi connectivity index (χ0) is 20.8. The fourth-order valence-corrected chi connectivity index (χ4v) is 2.96. The highest BCUT2D eigenvalue weighted by Gasteiger charge is 2.22. The summed E-state index contributed by atoms with van der Waals surface area (Å²) < 4.78 is 0. The molecule has 0 aliphatic rings. The van der Waals surface area contributed by atoms with Crippen LogP contribution < -0.4 is 16.0 Å². The van der Waals surface area contributed by atoms with Crippen LogP contribution in [-0.2, 0) is 16.0 Å². The number of hydrogen-bond donors (Lipinski definition) is 5. The second-order valence-corrected chi connectivity index (χ2v) is 6.77. The Morgan fingerprint density at radius 2 is 1.79 bits per heavy atom. The summed E-state index contributed by atoms with van der Waals surface area (Å²) in [6.45, 7) is -0.364. The molecule has 3 aromatic rings. The van der Waals surface area contributed by atoms with Gasteiger partial charge in [-0.15, -0.1) is 0 Å². The molecule has 2 aromatic carbocycles. The van der Waals surface area contributed by atoms with Crippen molar-refractivity contribution in [1.29, 1.82) is 0 Å². The summed E-state index contributed by atoms with van der Waals surface area (Å²) in [6.07, 6.45) is 1.84. The number of anilines is 1. The molecule has 1 aromatic heterocycles. The van der Waals surface area contributed by atoms with Crippen molar-refractivity contribution in [2.75, 3.05) is 11.9 Å². The van der Waals surface area contributed by atoms with Crippen molar-refractivity contribution in [2.24, 2.45) is 0 Å². The van der Waals surface area contributed by atoms with E-state index in [-0.39, 0.29) is 13.0 Å². The Bertz CT molecular complexity index is 1030. The van der Waals surface area contributed by atoms with Crippen molar-refractivity contribution in [3.8, 4) is 0 Å². The molecular formula is C20H19ClN4O4. The summed E-state index contributed by atoms with van der Waals surface area (Å²) in [5.41, 5.74) is 2.18. The molecule has 8 nitrogen and oxygen atoms in total. The zero-order valence-electron chi connectivity index (χ0n) is 15.2. The highest BCUT2D eigenvalue weighted by Crippen LogP contribution is 2.19. The predicted octanol–water partition coefficient (Wildman–Crippen LogP) is 2.75. The molecule has 0 saturated carbocycles. The Labute approximate surface area is 171 Å². The Morgan fingerprint density at radius 1 is 1.07 bits per heavy atom. The predicted molar refractivity (Wildman–Crippen MR) is 110 cm³/mol. The van der Waals surface area contributed by atoms with Crippen LogP contribution in [0.4, 0.5) is 10.5 Å². The van der Waals surface area contributed by atoms with E-state index < -0.39 is 23.9 Å². The Hall–Kier alpha value is -3.52. The molecule has 3 rings (SSSR count). The van der Waals surface area contributed by atoms with E-state index in [1.54, 1.807) is 30.5 Å². The van der Waals surface area contributed by atoms with Crippen LogP contribution in [0.5, 0.6) is 0 Å². The van der Waals surface area contributed by atoms with Gasteiger partial charge in [0.25, 0.3) is 0 Å². The van der Waals surface area contributed by atoms with Gasteiger partial charge in [0.15, 0.2) is 0 Å². The molecule has 3 amide bonds. The molecular weight excluding hydrogens is 396 g/mol. The van der Waals surface area contributed by atoms with E-state index in [1.165, 1.54) is 0 Å². The van der Waals surface area contributed by atoms with Crippen LogP contribution in [0, 0.1) is 0 Å². The number of carbonyl (C=O) groups is 3. The van der Waals surface area contributed by atoms with Gasteiger partial charge in [0.1, 0.15) is 6.04 Å². The van der Waals surface area contributed by atoms with E-state index in [9.17, 15) is 19.5 Å². The average molecular weight is 415 g/mol. The summed E-state index contributed by atoms with van der Waals surface area (Å²) in [5, 5.41) is 18.2. The van der Waals surface area contributed by atoms with Crippen molar-refractivity contribution in [3.63, 3.8) is 0 Å². The second kappa shape index (κ2) is 9.11. The summed E-state index contributed by atoms with van der Waals surface area (Å²) >= 11 is 5.78. The van der Waals surface area contributed by atoms with E-state index in [0.717, 1.165) is 16.5 Å². The number of carbonyl (C=O) groups excluding carboxylic acids is 2. The lowest BCUT2D eigenvalue weighted by Crippen LogP contribution is -2.47. The third-order valence-electron chi connectivity index (χ3n) is 4.24. The van der Waals surface area contributed by atoms with Gasteiger partial charge in [-0.3, -0.25) is 4.79 Å². The molecule has 150 valence electrons. The fourth-order valence-electron chi connectivity index (χ4n) is 2.83. The smallest absolute Gasteiger partial charge is 0.326 e. The lowest BCUT2D eigenvalue weighted by atomic mass is 10.1. The SMILES string of the molecule is O=C(CNC(=O)Nc1ccc(Cl)cc1)NC(Cc1c[nH]c2ccccc12)C(=O)O. The maximum absolute atomic E-state index is 12.1. The number of carboxylic acids is 1. The number of amides is 3. The molecule has 0 bridgehead atoms. The number of H-pyrrole nitrogens is 1. The molecule has 0 radical (unpaired) electrons. The molecule has 1 atom stereocenters. The average Bonchev–Trinajstić information content (AvgIpc) is 3.10. The number of hydrogen-bond acceptors (Lipinski definition) is 3.